The summed E-state index contributed by atoms with van der Waals surface area (Å²) in [5, 5.41) is 0. The molecule has 5 heteroatoms. The zero-order valence-electron chi connectivity index (χ0n) is 13.4. The number of methoxy groups -OCH3 is 3. The van der Waals surface area contributed by atoms with Crippen LogP contribution in [0.4, 0.5) is 0 Å². The Morgan fingerprint density at radius 1 is 1.10 bits per heavy atom. The molecular formula is C15H30O5. The topological polar surface area (TPSA) is 49.5 Å². The van der Waals surface area contributed by atoms with E-state index in [4.69, 9.17) is 23.7 Å². The van der Waals surface area contributed by atoms with Crippen LogP contribution < -0.4 is 0 Å². The number of rotatable bonds is 13. The van der Waals surface area contributed by atoms with E-state index in [0.29, 0.717) is 12.7 Å². The Bertz CT molecular complexity index is 230. The van der Waals surface area contributed by atoms with Gasteiger partial charge < -0.3 is 23.7 Å². The molecule has 1 rings (SSSR count). The fraction of sp³-hybridized carbons (Fsp3) is 1.00. The summed E-state index contributed by atoms with van der Waals surface area (Å²) in [7, 11) is 4.90. The molecule has 0 aliphatic carbocycles. The minimum absolute atomic E-state index is 0.211. The second-order valence-electron chi connectivity index (χ2n) is 5.23. The largest absolute Gasteiger partial charge is 0.379 e. The summed E-state index contributed by atoms with van der Waals surface area (Å²) in [6.45, 7) is 4.49. The van der Waals surface area contributed by atoms with Crippen LogP contribution >= 0.6 is 0 Å². The van der Waals surface area contributed by atoms with Gasteiger partial charge in [0.15, 0.2) is 0 Å². The van der Waals surface area contributed by atoms with Crippen LogP contribution in [0.1, 0.15) is 39.0 Å². The van der Waals surface area contributed by atoms with Gasteiger partial charge in [0.2, 0.25) is 0 Å². The number of epoxide rings is 1. The van der Waals surface area contributed by atoms with Crippen molar-refractivity contribution in [3.8, 4) is 0 Å². The van der Waals surface area contributed by atoms with Crippen molar-refractivity contribution in [2.45, 2.75) is 51.1 Å². The van der Waals surface area contributed by atoms with E-state index in [2.05, 4.69) is 6.92 Å². The molecule has 0 radical (unpaired) electrons. The first kappa shape index (κ1) is 17.9. The molecule has 1 aliphatic rings. The average Bonchev–Trinajstić information content (AvgIpc) is 3.29. The van der Waals surface area contributed by atoms with Crippen molar-refractivity contribution in [2.75, 3.05) is 41.2 Å². The summed E-state index contributed by atoms with van der Waals surface area (Å²) in [6, 6.07) is 0. The van der Waals surface area contributed by atoms with E-state index in [9.17, 15) is 0 Å². The predicted octanol–water partition coefficient (Wildman–Crippen LogP) is 2.58. The van der Waals surface area contributed by atoms with E-state index >= 15 is 0 Å². The van der Waals surface area contributed by atoms with Crippen LogP contribution in [0.25, 0.3) is 0 Å². The van der Waals surface area contributed by atoms with Crippen LogP contribution in [0.2, 0.25) is 0 Å². The fourth-order valence-corrected chi connectivity index (χ4v) is 2.51. The first-order chi connectivity index (χ1) is 9.72. The molecule has 0 amide bonds. The highest BCUT2D eigenvalue weighted by molar-refractivity contribution is 4.72. The highest BCUT2D eigenvalue weighted by atomic mass is 16.9. The van der Waals surface area contributed by atoms with Gasteiger partial charge in [-0.05, 0) is 19.3 Å². The van der Waals surface area contributed by atoms with Crippen molar-refractivity contribution >= 4 is 0 Å². The Balaban J connectivity index is 2.35. The standard InChI is InChI=1S/C15H30O5/c1-5-6-8-13(15(16-2,17-3)18-4)9-7-10-19-11-14-12-20-14/h13-14H,5-12H2,1-4H3. The SMILES string of the molecule is CCCCC(CCCOCC1CO1)C(OC)(OC)OC. The van der Waals surface area contributed by atoms with Crippen LogP contribution in [0.3, 0.4) is 0 Å². The van der Waals surface area contributed by atoms with Crippen molar-refractivity contribution in [1.29, 1.82) is 0 Å². The Hall–Kier alpha value is -0.200. The molecule has 1 saturated heterocycles. The minimum Gasteiger partial charge on any atom is -0.379 e. The third kappa shape index (κ3) is 5.66. The molecule has 0 spiro atoms. The van der Waals surface area contributed by atoms with Crippen LogP contribution in [0, 0.1) is 5.92 Å². The predicted molar refractivity (Wildman–Crippen MR) is 76.6 cm³/mol. The summed E-state index contributed by atoms with van der Waals surface area (Å²) in [5.41, 5.74) is 0. The van der Waals surface area contributed by atoms with E-state index in [0.717, 1.165) is 45.3 Å². The normalized spacial score (nSPS) is 20.1. The highest BCUT2D eigenvalue weighted by Crippen LogP contribution is 2.31. The minimum atomic E-state index is -0.936. The maximum absolute atomic E-state index is 5.58. The molecule has 0 aromatic carbocycles. The van der Waals surface area contributed by atoms with Crippen molar-refractivity contribution in [3.05, 3.63) is 0 Å². The summed E-state index contributed by atoms with van der Waals surface area (Å²) >= 11 is 0. The van der Waals surface area contributed by atoms with Crippen molar-refractivity contribution in [1.82, 2.24) is 0 Å². The molecule has 1 heterocycles. The first-order valence-electron chi connectivity index (χ1n) is 7.57. The van der Waals surface area contributed by atoms with Crippen molar-refractivity contribution in [2.24, 2.45) is 5.92 Å². The van der Waals surface area contributed by atoms with E-state index in [-0.39, 0.29) is 5.92 Å². The van der Waals surface area contributed by atoms with Gasteiger partial charge in [-0.1, -0.05) is 19.8 Å². The van der Waals surface area contributed by atoms with E-state index in [1.165, 1.54) is 0 Å². The number of hydrogen-bond acceptors (Lipinski definition) is 5. The van der Waals surface area contributed by atoms with Crippen LogP contribution in [-0.4, -0.2) is 53.2 Å². The quantitative estimate of drug-likeness (QED) is 0.296. The van der Waals surface area contributed by atoms with Gasteiger partial charge in [0, 0.05) is 33.9 Å². The van der Waals surface area contributed by atoms with Crippen molar-refractivity contribution < 1.29 is 23.7 Å². The first-order valence-corrected chi connectivity index (χ1v) is 7.57. The van der Waals surface area contributed by atoms with Crippen LogP contribution in [-0.2, 0) is 23.7 Å². The summed E-state index contributed by atoms with van der Waals surface area (Å²) in [4.78, 5) is 0. The molecule has 20 heavy (non-hydrogen) atoms. The molecule has 2 atom stereocenters. The monoisotopic (exact) mass is 290 g/mol. The molecule has 0 N–H and O–H groups in total. The molecule has 5 nitrogen and oxygen atoms in total. The Labute approximate surface area is 122 Å². The molecule has 1 fully saturated rings. The lowest BCUT2D eigenvalue weighted by molar-refractivity contribution is -0.380. The van der Waals surface area contributed by atoms with Crippen LogP contribution in [0.15, 0.2) is 0 Å². The van der Waals surface area contributed by atoms with E-state index in [1.54, 1.807) is 21.3 Å². The lowest BCUT2D eigenvalue weighted by Crippen LogP contribution is -2.44. The lowest BCUT2D eigenvalue weighted by atomic mass is 9.94. The zero-order chi connectivity index (χ0) is 14.8. The van der Waals surface area contributed by atoms with Gasteiger partial charge in [-0.15, -0.1) is 0 Å². The van der Waals surface area contributed by atoms with Gasteiger partial charge in [0.05, 0.1) is 13.2 Å². The maximum atomic E-state index is 5.58. The zero-order valence-corrected chi connectivity index (χ0v) is 13.4. The number of unbranched alkanes of at least 4 members (excludes halogenated alkanes) is 1. The summed E-state index contributed by atoms with van der Waals surface area (Å²) in [6.07, 6.45) is 5.58. The Kier molecular flexibility index (Phi) is 8.64. The molecule has 2 unspecified atom stereocenters. The van der Waals surface area contributed by atoms with Gasteiger partial charge >= 0.3 is 0 Å². The second-order valence-corrected chi connectivity index (χ2v) is 5.23. The van der Waals surface area contributed by atoms with Gasteiger partial charge in [-0.25, -0.2) is 0 Å². The highest BCUT2D eigenvalue weighted by Gasteiger charge is 2.39. The van der Waals surface area contributed by atoms with Crippen molar-refractivity contribution in [3.63, 3.8) is 0 Å². The average molecular weight is 290 g/mol. The Morgan fingerprint density at radius 3 is 2.20 bits per heavy atom. The van der Waals surface area contributed by atoms with E-state index in [1.807, 2.05) is 0 Å². The third-order valence-corrected chi connectivity index (χ3v) is 3.81. The van der Waals surface area contributed by atoms with Crippen LogP contribution in [0.5, 0.6) is 0 Å². The molecule has 0 aromatic rings. The fourth-order valence-electron chi connectivity index (χ4n) is 2.51. The molecule has 0 aromatic heterocycles. The second kappa shape index (κ2) is 9.68. The smallest absolute Gasteiger partial charge is 0.285 e. The summed E-state index contributed by atoms with van der Waals surface area (Å²) < 4.78 is 27.2. The van der Waals surface area contributed by atoms with Gasteiger partial charge in [-0.2, -0.15) is 0 Å². The maximum Gasteiger partial charge on any atom is 0.285 e. The lowest BCUT2D eigenvalue weighted by Gasteiger charge is -2.36. The molecule has 1 aliphatic heterocycles. The number of hydrogen-bond donors (Lipinski definition) is 0. The van der Waals surface area contributed by atoms with Gasteiger partial charge in [-0.3, -0.25) is 0 Å². The third-order valence-electron chi connectivity index (χ3n) is 3.81. The van der Waals surface area contributed by atoms with E-state index < -0.39 is 5.97 Å². The molecular weight excluding hydrogens is 260 g/mol. The number of ether oxygens (including phenoxy) is 5. The molecule has 0 bridgehead atoms. The molecule has 0 saturated carbocycles. The van der Waals surface area contributed by atoms with Gasteiger partial charge in [0.1, 0.15) is 6.10 Å². The Morgan fingerprint density at radius 2 is 1.70 bits per heavy atom. The summed E-state index contributed by atoms with van der Waals surface area (Å²) in [5.74, 6) is -0.724. The molecule has 120 valence electrons. The van der Waals surface area contributed by atoms with Gasteiger partial charge in [0.25, 0.3) is 5.97 Å².